The van der Waals surface area contributed by atoms with Gasteiger partial charge in [-0.25, -0.2) is 17.8 Å². The van der Waals surface area contributed by atoms with Gasteiger partial charge in [-0.1, -0.05) is 6.92 Å². The molecule has 186 valence electrons. The van der Waals surface area contributed by atoms with Crippen molar-refractivity contribution in [2.45, 2.75) is 50.3 Å². The number of sulfone groups is 1. The van der Waals surface area contributed by atoms with Crippen LogP contribution in [-0.4, -0.2) is 30.0 Å². The number of aromatic nitrogens is 2. The predicted molar refractivity (Wildman–Crippen MR) is 134 cm³/mol. The van der Waals surface area contributed by atoms with Crippen molar-refractivity contribution in [2.24, 2.45) is 0 Å². The zero-order valence-corrected chi connectivity index (χ0v) is 21.1. The third kappa shape index (κ3) is 4.39. The molecule has 4 aromatic rings. The van der Waals surface area contributed by atoms with E-state index in [1.54, 1.807) is 19.1 Å². The molecule has 1 N–H and O–H groups in total. The van der Waals surface area contributed by atoms with Gasteiger partial charge in [0.25, 0.3) is 0 Å². The molecule has 9 heteroatoms. The maximum absolute atomic E-state index is 13.6. The number of nitrogens with zero attached hydrogens (tertiary/aromatic N) is 2. The minimum atomic E-state index is -3.33. The molecule has 1 amide bonds. The summed E-state index contributed by atoms with van der Waals surface area (Å²) in [4.78, 5) is 21.6. The minimum absolute atomic E-state index is 0.00451. The number of benzene rings is 2. The number of halogens is 1. The van der Waals surface area contributed by atoms with Crippen molar-refractivity contribution in [1.82, 2.24) is 9.97 Å². The van der Waals surface area contributed by atoms with Crippen LogP contribution in [-0.2, 0) is 26.5 Å². The summed E-state index contributed by atoms with van der Waals surface area (Å²) in [6, 6.07) is 11.2. The molecule has 0 saturated heterocycles. The number of oxazole rings is 1. The first-order valence-corrected chi connectivity index (χ1v) is 13.4. The van der Waals surface area contributed by atoms with E-state index in [4.69, 9.17) is 4.42 Å². The molecule has 0 bridgehead atoms. The fourth-order valence-electron chi connectivity index (χ4n) is 4.83. The average molecular weight is 508 g/mol. The van der Waals surface area contributed by atoms with E-state index in [0.29, 0.717) is 28.4 Å². The number of hydrogen-bond acceptors (Lipinski definition) is 6. The Balaban J connectivity index is 1.34. The van der Waals surface area contributed by atoms with Crippen LogP contribution in [0.2, 0.25) is 0 Å². The largest absolute Gasteiger partial charge is 0.440 e. The number of anilines is 1. The second kappa shape index (κ2) is 8.81. The fourth-order valence-corrected chi connectivity index (χ4v) is 5.65. The summed E-state index contributed by atoms with van der Waals surface area (Å²) in [5.41, 5.74) is 4.98. The molecule has 7 nitrogen and oxygen atoms in total. The first kappa shape index (κ1) is 24.1. The standard InChI is InChI=1S/C27H26FN3O4S/c1-4-36(33,34)21-7-6-19(29-15-21)14-24(32)30-20-11-16(2)25(17(3)12-20)27(9-10-27)26-31-22-8-5-18(28)13-23(22)35-26/h5-8,11-13,15H,4,9-10,14H2,1-3H3,(H,30,32). The predicted octanol–water partition coefficient (Wildman–Crippen LogP) is 5.03. The van der Waals surface area contributed by atoms with E-state index < -0.39 is 9.84 Å². The molecular weight excluding hydrogens is 481 g/mol. The number of pyridine rings is 1. The SMILES string of the molecule is CCS(=O)(=O)c1ccc(CC(=O)Nc2cc(C)c(C3(c4nc5ccc(F)cc5o4)CC3)c(C)c2)nc1. The normalized spacial score (nSPS) is 14.7. The molecule has 36 heavy (non-hydrogen) atoms. The van der Waals surface area contributed by atoms with E-state index in [-0.39, 0.29) is 34.2 Å². The van der Waals surface area contributed by atoms with Crippen LogP contribution in [0.1, 0.15) is 48.0 Å². The van der Waals surface area contributed by atoms with E-state index in [1.165, 1.54) is 24.4 Å². The van der Waals surface area contributed by atoms with Crippen molar-refractivity contribution in [1.29, 1.82) is 0 Å². The van der Waals surface area contributed by atoms with E-state index in [1.807, 2.05) is 26.0 Å². The van der Waals surface area contributed by atoms with Crippen LogP contribution >= 0.6 is 0 Å². The Bertz CT molecular complexity index is 1570. The summed E-state index contributed by atoms with van der Waals surface area (Å²) < 4.78 is 43.5. The number of rotatable bonds is 7. The average Bonchev–Trinajstić information content (AvgIpc) is 3.50. The number of carbonyl (C=O) groups excluding carboxylic acids is 1. The second-order valence-corrected chi connectivity index (χ2v) is 11.6. The fraction of sp³-hybridized carbons (Fsp3) is 0.296. The lowest BCUT2D eigenvalue weighted by Crippen LogP contribution is -2.17. The molecule has 1 fully saturated rings. The van der Waals surface area contributed by atoms with E-state index >= 15 is 0 Å². The topological polar surface area (TPSA) is 102 Å². The third-order valence-corrected chi connectivity index (χ3v) is 8.40. The lowest BCUT2D eigenvalue weighted by molar-refractivity contribution is -0.115. The summed E-state index contributed by atoms with van der Waals surface area (Å²) in [5.74, 6) is -0.0253. The lowest BCUT2D eigenvalue weighted by Gasteiger charge is -2.19. The molecule has 0 spiro atoms. The Morgan fingerprint density at radius 1 is 1.11 bits per heavy atom. The van der Waals surface area contributed by atoms with Gasteiger partial charge in [-0.15, -0.1) is 0 Å². The zero-order chi connectivity index (χ0) is 25.7. The highest BCUT2D eigenvalue weighted by Crippen LogP contribution is 2.55. The van der Waals surface area contributed by atoms with Gasteiger partial charge in [-0.3, -0.25) is 9.78 Å². The van der Waals surface area contributed by atoms with Gasteiger partial charge in [-0.05, 0) is 79.8 Å². The van der Waals surface area contributed by atoms with E-state index in [0.717, 1.165) is 29.5 Å². The van der Waals surface area contributed by atoms with Crippen LogP contribution in [0.4, 0.5) is 10.1 Å². The summed E-state index contributed by atoms with van der Waals surface area (Å²) in [7, 11) is -3.33. The Morgan fingerprint density at radius 2 is 1.83 bits per heavy atom. The Labute approximate surface area is 208 Å². The maximum Gasteiger partial charge on any atom is 0.230 e. The van der Waals surface area contributed by atoms with Gasteiger partial charge in [0.1, 0.15) is 11.3 Å². The molecule has 1 aliphatic carbocycles. The van der Waals surface area contributed by atoms with Crippen molar-refractivity contribution >= 4 is 32.5 Å². The molecule has 1 aliphatic rings. The van der Waals surface area contributed by atoms with Crippen LogP contribution in [0.15, 0.2) is 58.0 Å². The van der Waals surface area contributed by atoms with Gasteiger partial charge < -0.3 is 9.73 Å². The third-order valence-electron chi connectivity index (χ3n) is 6.68. The van der Waals surface area contributed by atoms with E-state index in [2.05, 4.69) is 15.3 Å². The number of carbonyl (C=O) groups is 1. The molecule has 0 atom stereocenters. The minimum Gasteiger partial charge on any atom is -0.440 e. The van der Waals surface area contributed by atoms with Gasteiger partial charge in [0, 0.05) is 23.6 Å². The highest BCUT2D eigenvalue weighted by Gasteiger charge is 2.52. The quantitative estimate of drug-likeness (QED) is 0.376. The van der Waals surface area contributed by atoms with Crippen LogP contribution < -0.4 is 5.32 Å². The molecule has 0 unspecified atom stereocenters. The summed E-state index contributed by atoms with van der Waals surface area (Å²) >= 11 is 0. The molecule has 2 aromatic carbocycles. The summed E-state index contributed by atoms with van der Waals surface area (Å²) in [6.07, 6.45) is 3.08. The monoisotopic (exact) mass is 507 g/mol. The molecule has 5 rings (SSSR count). The number of fused-ring (bicyclic) bond motifs is 1. The number of aryl methyl sites for hydroxylation is 2. The van der Waals surface area contributed by atoms with Gasteiger partial charge >= 0.3 is 0 Å². The second-order valence-electron chi connectivity index (χ2n) is 9.31. The smallest absolute Gasteiger partial charge is 0.230 e. The van der Waals surface area contributed by atoms with Gasteiger partial charge in [0.05, 0.1) is 22.5 Å². The van der Waals surface area contributed by atoms with Crippen molar-refractivity contribution in [3.63, 3.8) is 0 Å². The summed E-state index contributed by atoms with van der Waals surface area (Å²) in [5, 5.41) is 2.92. The Kier molecular flexibility index (Phi) is 5.90. The molecule has 2 heterocycles. The van der Waals surface area contributed by atoms with Crippen molar-refractivity contribution < 1.29 is 22.0 Å². The number of nitrogens with one attached hydrogen (secondary N) is 1. The molecule has 0 radical (unpaired) electrons. The van der Waals surface area contributed by atoms with Crippen molar-refractivity contribution in [3.8, 4) is 0 Å². The number of hydrogen-bond donors (Lipinski definition) is 1. The van der Waals surface area contributed by atoms with Gasteiger partial charge in [0.2, 0.25) is 11.8 Å². The Morgan fingerprint density at radius 3 is 2.44 bits per heavy atom. The first-order valence-electron chi connectivity index (χ1n) is 11.8. The summed E-state index contributed by atoms with van der Waals surface area (Å²) in [6.45, 7) is 5.56. The van der Waals surface area contributed by atoms with E-state index in [9.17, 15) is 17.6 Å². The number of amides is 1. The maximum atomic E-state index is 13.6. The van der Waals surface area contributed by atoms with Crippen LogP contribution in [0.3, 0.4) is 0 Å². The highest BCUT2D eigenvalue weighted by molar-refractivity contribution is 7.91. The molecule has 2 aromatic heterocycles. The van der Waals surface area contributed by atoms with Gasteiger partial charge in [0.15, 0.2) is 15.4 Å². The van der Waals surface area contributed by atoms with Crippen LogP contribution in [0.5, 0.6) is 0 Å². The zero-order valence-electron chi connectivity index (χ0n) is 20.3. The highest BCUT2D eigenvalue weighted by atomic mass is 32.2. The molecule has 1 saturated carbocycles. The van der Waals surface area contributed by atoms with Crippen LogP contribution in [0.25, 0.3) is 11.1 Å². The Hall–Kier alpha value is -3.59. The first-order chi connectivity index (χ1) is 17.1. The van der Waals surface area contributed by atoms with Crippen molar-refractivity contribution in [3.05, 3.63) is 82.8 Å². The van der Waals surface area contributed by atoms with Gasteiger partial charge in [-0.2, -0.15) is 0 Å². The molecular formula is C27H26FN3O4S. The molecule has 0 aliphatic heterocycles. The lowest BCUT2D eigenvalue weighted by atomic mass is 9.87. The van der Waals surface area contributed by atoms with Crippen molar-refractivity contribution in [2.75, 3.05) is 11.1 Å². The van der Waals surface area contributed by atoms with Crippen LogP contribution in [0, 0.1) is 19.7 Å².